The first kappa shape index (κ1) is 12.8. The number of amides is 1. The van der Waals surface area contributed by atoms with Crippen LogP contribution >= 0.6 is 0 Å². The number of nitrogens with one attached hydrogen (secondary N) is 1. The molecule has 1 aliphatic heterocycles. The third-order valence-electron chi connectivity index (χ3n) is 3.02. The minimum atomic E-state index is -0.0410. The van der Waals surface area contributed by atoms with E-state index in [9.17, 15) is 9.59 Å². The highest BCUT2D eigenvalue weighted by molar-refractivity contribution is 5.91. The Kier molecular flexibility index (Phi) is 4.47. The lowest BCUT2D eigenvalue weighted by atomic mass is 10.1. The van der Waals surface area contributed by atoms with Crippen LogP contribution in [0.1, 0.15) is 36.0 Å². The van der Waals surface area contributed by atoms with Crippen molar-refractivity contribution in [2.45, 2.75) is 31.8 Å². The van der Waals surface area contributed by atoms with Gasteiger partial charge in [0.25, 0.3) is 0 Å². The van der Waals surface area contributed by atoms with E-state index < -0.39 is 0 Å². The van der Waals surface area contributed by atoms with Crippen LogP contribution in [0.3, 0.4) is 0 Å². The van der Waals surface area contributed by atoms with Crippen molar-refractivity contribution >= 4 is 17.9 Å². The van der Waals surface area contributed by atoms with E-state index in [1.54, 1.807) is 24.3 Å². The van der Waals surface area contributed by atoms with Gasteiger partial charge < -0.3 is 10.1 Å². The van der Waals surface area contributed by atoms with E-state index in [0.717, 1.165) is 32.2 Å². The van der Waals surface area contributed by atoms with Gasteiger partial charge in [0.2, 0.25) is 5.91 Å². The van der Waals surface area contributed by atoms with E-state index in [4.69, 9.17) is 4.74 Å². The lowest BCUT2D eigenvalue weighted by molar-refractivity contribution is -0.119. The molecule has 0 bridgehead atoms. The molecule has 1 atom stereocenters. The van der Waals surface area contributed by atoms with Crippen molar-refractivity contribution in [3.63, 3.8) is 0 Å². The van der Waals surface area contributed by atoms with Crippen molar-refractivity contribution in [1.29, 1.82) is 0 Å². The van der Waals surface area contributed by atoms with Crippen LogP contribution in [0.4, 0.5) is 5.69 Å². The molecule has 4 heteroatoms. The molecule has 1 unspecified atom stereocenters. The summed E-state index contributed by atoms with van der Waals surface area (Å²) in [5, 5.41) is 2.81. The van der Waals surface area contributed by atoms with Crippen LogP contribution < -0.4 is 5.32 Å². The van der Waals surface area contributed by atoms with Crippen LogP contribution in [-0.4, -0.2) is 24.9 Å². The molecule has 1 aromatic carbocycles. The Morgan fingerprint density at radius 2 is 2.11 bits per heavy atom. The minimum absolute atomic E-state index is 0.0410. The molecule has 0 aliphatic carbocycles. The molecule has 1 aliphatic rings. The summed E-state index contributed by atoms with van der Waals surface area (Å²) in [6.45, 7) is 0.756. The third-order valence-corrected chi connectivity index (χ3v) is 3.02. The smallest absolute Gasteiger partial charge is 0.226 e. The molecule has 0 saturated carbocycles. The van der Waals surface area contributed by atoms with E-state index >= 15 is 0 Å². The average molecular weight is 247 g/mol. The van der Waals surface area contributed by atoms with Gasteiger partial charge in [0.15, 0.2) is 0 Å². The van der Waals surface area contributed by atoms with Gasteiger partial charge in [-0.2, -0.15) is 0 Å². The first-order valence-corrected chi connectivity index (χ1v) is 6.24. The molecule has 96 valence electrons. The molecule has 18 heavy (non-hydrogen) atoms. The Labute approximate surface area is 106 Å². The zero-order valence-corrected chi connectivity index (χ0v) is 10.2. The van der Waals surface area contributed by atoms with Gasteiger partial charge in [0.05, 0.1) is 12.5 Å². The van der Waals surface area contributed by atoms with Crippen LogP contribution in [0.5, 0.6) is 0 Å². The second-order valence-electron chi connectivity index (χ2n) is 4.48. The van der Waals surface area contributed by atoms with Crippen molar-refractivity contribution in [2.75, 3.05) is 11.9 Å². The lowest BCUT2D eigenvalue weighted by Gasteiger charge is -2.21. The highest BCUT2D eigenvalue weighted by Crippen LogP contribution is 2.16. The fraction of sp³-hybridized carbons (Fsp3) is 0.429. The van der Waals surface area contributed by atoms with Gasteiger partial charge in [0.1, 0.15) is 6.29 Å². The summed E-state index contributed by atoms with van der Waals surface area (Å²) >= 11 is 0. The second-order valence-corrected chi connectivity index (χ2v) is 4.48. The molecular formula is C14H17NO3. The molecule has 1 fully saturated rings. The van der Waals surface area contributed by atoms with E-state index in [0.29, 0.717) is 17.7 Å². The Hall–Kier alpha value is -1.68. The van der Waals surface area contributed by atoms with Crippen molar-refractivity contribution in [1.82, 2.24) is 0 Å². The fourth-order valence-electron chi connectivity index (χ4n) is 2.03. The number of benzene rings is 1. The van der Waals surface area contributed by atoms with Crippen LogP contribution in [-0.2, 0) is 9.53 Å². The number of aldehydes is 1. The Bertz CT molecular complexity index is 408. The van der Waals surface area contributed by atoms with E-state index in [2.05, 4.69) is 5.32 Å². The summed E-state index contributed by atoms with van der Waals surface area (Å²) in [5.74, 6) is -0.0410. The molecule has 2 rings (SSSR count). The quantitative estimate of drug-likeness (QED) is 0.831. The number of rotatable bonds is 4. The molecule has 1 aromatic rings. The summed E-state index contributed by atoms with van der Waals surface area (Å²) in [6, 6.07) is 6.81. The zero-order chi connectivity index (χ0) is 12.8. The molecule has 1 saturated heterocycles. The largest absolute Gasteiger partial charge is 0.378 e. The highest BCUT2D eigenvalue weighted by atomic mass is 16.5. The number of hydrogen-bond acceptors (Lipinski definition) is 3. The molecule has 0 radical (unpaired) electrons. The molecule has 0 aromatic heterocycles. The van der Waals surface area contributed by atoms with E-state index in [1.807, 2.05) is 0 Å². The maximum absolute atomic E-state index is 11.8. The Morgan fingerprint density at radius 1 is 1.33 bits per heavy atom. The summed E-state index contributed by atoms with van der Waals surface area (Å²) < 4.78 is 5.52. The fourth-order valence-corrected chi connectivity index (χ4v) is 2.03. The van der Waals surface area contributed by atoms with Gasteiger partial charge in [0, 0.05) is 17.9 Å². The molecule has 0 spiro atoms. The number of ether oxygens (including phenoxy) is 1. The third kappa shape index (κ3) is 3.67. The Balaban J connectivity index is 1.83. The van der Waals surface area contributed by atoms with Crippen LogP contribution in [0.15, 0.2) is 24.3 Å². The lowest BCUT2D eigenvalue weighted by Crippen LogP contribution is -2.25. The van der Waals surface area contributed by atoms with Gasteiger partial charge >= 0.3 is 0 Å². The van der Waals surface area contributed by atoms with E-state index in [1.165, 1.54) is 0 Å². The number of carbonyl (C=O) groups is 2. The van der Waals surface area contributed by atoms with Gasteiger partial charge in [-0.1, -0.05) is 0 Å². The average Bonchev–Trinajstić information content (AvgIpc) is 2.40. The van der Waals surface area contributed by atoms with E-state index in [-0.39, 0.29) is 12.0 Å². The van der Waals surface area contributed by atoms with Gasteiger partial charge in [-0.25, -0.2) is 0 Å². The van der Waals surface area contributed by atoms with Crippen molar-refractivity contribution < 1.29 is 14.3 Å². The van der Waals surface area contributed by atoms with Crippen LogP contribution in [0.2, 0.25) is 0 Å². The predicted octanol–water partition coefficient (Wildman–Crippen LogP) is 2.40. The summed E-state index contributed by atoms with van der Waals surface area (Å²) in [5.41, 5.74) is 1.31. The SMILES string of the molecule is O=Cc1ccc(NC(=O)CC2CCCCO2)cc1. The van der Waals surface area contributed by atoms with Crippen molar-refractivity contribution in [2.24, 2.45) is 0 Å². The molecule has 1 heterocycles. The maximum Gasteiger partial charge on any atom is 0.226 e. The number of carbonyl (C=O) groups excluding carboxylic acids is 2. The molecule has 4 nitrogen and oxygen atoms in total. The summed E-state index contributed by atoms with van der Waals surface area (Å²) in [7, 11) is 0. The van der Waals surface area contributed by atoms with Gasteiger partial charge in [-0.05, 0) is 43.5 Å². The standard InChI is InChI=1S/C14H17NO3/c16-10-11-4-6-12(7-5-11)15-14(17)9-13-3-1-2-8-18-13/h4-7,10,13H,1-3,8-9H2,(H,15,17). The zero-order valence-electron chi connectivity index (χ0n) is 10.2. The minimum Gasteiger partial charge on any atom is -0.378 e. The summed E-state index contributed by atoms with van der Waals surface area (Å²) in [6.07, 6.45) is 4.40. The Morgan fingerprint density at radius 3 is 2.72 bits per heavy atom. The maximum atomic E-state index is 11.8. The first-order chi connectivity index (χ1) is 8.78. The van der Waals surface area contributed by atoms with Crippen molar-refractivity contribution in [3.8, 4) is 0 Å². The number of hydrogen-bond donors (Lipinski definition) is 1. The first-order valence-electron chi connectivity index (χ1n) is 6.24. The normalized spacial score (nSPS) is 19.2. The number of anilines is 1. The topological polar surface area (TPSA) is 55.4 Å². The second kappa shape index (κ2) is 6.31. The van der Waals surface area contributed by atoms with Crippen molar-refractivity contribution in [3.05, 3.63) is 29.8 Å². The molecule has 1 amide bonds. The monoisotopic (exact) mass is 247 g/mol. The van der Waals surface area contributed by atoms with Gasteiger partial charge in [-0.15, -0.1) is 0 Å². The predicted molar refractivity (Wildman–Crippen MR) is 68.7 cm³/mol. The van der Waals surface area contributed by atoms with Gasteiger partial charge in [-0.3, -0.25) is 9.59 Å². The highest BCUT2D eigenvalue weighted by Gasteiger charge is 2.17. The summed E-state index contributed by atoms with van der Waals surface area (Å²) in [4.78, 5) is 22.3. The van der Waals surface area contributed by atoms with Crippen LogP contribution in [0, 0.1) is 0 Å². The van der Waals surface area contributed by atoms with Crippen LogP contribution in [0.25, 0.3) is 0 Å². The molecule has 1 N–H and O–H groups in total. The molecular weight excluding hydrogens is 230 g/mol.